The summed E-state index contributed by atoms with van der Waals surface area (Å²) in [6.07, 6.45) is 3.93. The molecule has 2 atom stereocenters. The lowest BCUT2D eigenvalue weighted by molar-refractivity contribution is -0.164. The molecule has 2 fully saturated rings. The fourth-order valence-electron chi connectivity index (χ4n) is 2.70. The molecule has 108 valence electrons. The zero-order valence-electron chi connectivity index (χ0n) is 12.4. The maximum absolute atomic E-state index is 12.4. The topological polar surface area (TPSA) is 46.6 Å². The van der Waals surface area contributed by atoms with Crippen LogP contribution in [-0.4, -0.2) is 35.0 Å². The third-order valence-corrected chi connectivity index (χ3v) is 3.93. The van der Waals surface area contributed by atoms with Crippen molar-refractivity contribution in [2.24, 2.45) is 11.8 Å². The molecule has 0 bridgehead atoms. The molecule has 19 heavy (non-hydrogen) atoms. The number of amides is 1. The molecule has 1 saturated heterocycles. The molecular formula is C15H25NO3. The number of carbonyl (C=O) groups is 2. The predicted octanol–water partition coefficient (Wildman–Crippen LogP) is 2.37. The normalized spacial score (nSPS) is 25.3. The fourth-order valence-corrected chi connectivity index (χ4v) is 2.70. The minimum Gasteiger partial charge on any atom is -0.458 e. The second-order valence-corrected chi connectivity index (χ2v) is 6.85. The van der Waals surface area contributed by atoms with Crippen molar-refractivity contribution in [1.82, 2.24) is 4.90 Å². The van der Waals surface area contributed by atoms with Gasteiger partial charge in [0.05, 0.1) is 0 Å². The van der Waals surface area contributed by atoms with Crippen molar-refractivity contribution in [3.8, 4) is 0 Å². The molecule has 0 aromatic heterocycles. The van der Waals surface area contributed by atoms with E-state index in [2.05, 4.69) is 0 Å². The average Bonchev–Trinajstić information content (AvgIpc) is 3.02. The van der Waals surface area contributed by atoms with Gasteiger partial charge in [0.1, 0.15) is 11.6 Å². The van der Waals surface area contributed by atoms with E-state index < -0.39 is 5.60 Å². The Balaban J connectivity index is 1.99. The highest BCUT2D eigenvalue weighted by Gasteiger charge is 2.41. The molecule has 1 heterocycles. The molecule has 0 radical (unpaired) electrons. The van der Waals surface area contributed by atoms with E-state index in [1.165, 1.54) is 0 Å². The minimum absolute atomic E-state index is 0.0584. The molecule has 0 aromatic rings. The lowest BCUT2D eigenvalue weighted by Gasteiger charge is -2.29. The molecule has 4 nitrogen and oxygen atoms in total. The van der Waals surface area contributed by atoms with E-state index in [9.17, 15) is 9.59 Å². The summed E-state index contributed by atoms with van der Waals surface area (Å²) in [6, 6.07) is -0.368. The number of carbonyl (C=O) groups excluding carboxylic acids is 2. The maximum atomic E-state index is 12.4. The van der Waals surface area contributed by atoms with Gasteiger partial charge in [0.2, 0.25) is 5.91 Å². The van der Waals surface area contributed by atoms with Gasteiger partial charge in [-0.25, -0.2) is 4.79 Å². The quantitative estimate of drug-likeness (QED) is 0.737. The zero-order valence-corrected chi connectivity index (χ0v) is 12.4. The average molecular weight is 267 g/mol. The second kappa shape index (κ2) is 5.14. The molecule has 1 unspecified atom stereocenters. The largest absolute Gasteiger partial charge is 0.458 e. The maximum Gasteiger partial charge on any atom is 0.329 e. The molecule has 0 aromatic carbocycles. The van der Waals surface area contributed by atoms with E-state index in [-0.39, 0.29) is 23.8 Å². The Labute approximate surface area is 115 Å². The summed E-state index contributed by atoms with van der Waals surface area (Å²) in [7, 11) is 0. The highest BCUT2D eigenvalue weighted by molar-refractivity contribution is 5.86. The first-order valence-corrected chi connectivity index (χ1v) is 7.33. The van der Waals surface area contributed by atoms with Crippen LogP contribution < -0.4 is 0 Å². The highest BCUT2D eigenvalue weighted by Crippen LogP contribution is 2.38. The predicted molar refractivity (Wildman–Crippen MR) is 72.5 cm³/mol. The summed E-state index contributed by atoms with van der Waals surface area (Å²) < 4.78 is 5.43. The number of hydrogen-bond donors (Lipinski definition) is 0. The Kier molecular flexibility index (Phi) is 3.88. The van der Waals surface area contributed by atoms with Crippen molar-refractivity contribution < 1.29 is 14.3 Å². The van der Waals surface area contributed by atoms with Gasteiger partial charge in [-0.05, 0) is 52.4 Å². The van der Waals surface area contributed by atoms with E-state index in [4.69, 9.17) is 4.74 Å². The number of esters is 1. The summed E-state index contributed by atoms with van der Waals surface area (Å²) in [4.78, 5) is 26.3. The van der Waals surface area contributed by atoms with Crippen LogP contribution in [0.2, 0.25) is 0 Å². The first-order chi connectivity index (χ1) is 8.79. The Bertz CT molecular complexity index is 368. The van der Waals surface area contributed by atoms with Crippen LogP contribution in [0.5, 0.6) is 0 Å². The van der Waals surface area contributed by atoms with E-state index >= 15 is 0 Å². The van der Waals surface area contributed by atoms with E-state index in [1.54, 1.807) is 4.90 Å². The SMILES string of the molecule is CC(C(=O)N1CCC[C@H]1C(=O)OC(C)(C)C)C1CC1. The Hall–Kier alpha value is -1.06. The third kappa shape index (κ3) is 3.48. The zero-order chi connectivity index (χ0) is 14.2. The van der Waals surface area contributed by atoms with Gasteiger partial charge in [0, 0.05) is 12.5 Å². The Morgan fingerprint density at radius 3 is 2.37 bits per heavy atom. The number of rotatable bonds is 3. The van der Waals surface area contributed by atoms with Crippen molar-refractivity contribution in [2.75, 3.05) is 6.54 Å². The summed E-state index contributed by atoms with van der Waals surface area (Å²) in [5.74, 6) is 0.479. The van der Waals surface area contributed by atoms with Crippen molar-refractivity contribution in [3.63, 3.8) is 0 Å². The molecule has 1 aliphatic heterocycles. The third-order valence-electron chi connectivity index (χ3n) is 3.93. The van der Waals surface area contributed by atoms with Gasteiger partial charge in [-0.15, -0.1) is 0 Å². The van der Waals surface area contributed by atoms with Crippen LogP contribution in [0.1, 0.15) is 53.4 Å². The first-order valence-electron chi connectivity index (χ1n) is 7.33. The van der Waals surface area contributed by atoms with Gasteiger partial charge < -0.3 is 9.64 Å². The van der Waals surface area contributed by atoms with Gasteiger partial charge in [0.15, 0.2) is 0 Å². The second-order valence-electron chi connectivity index (χ2n) is 6.85. The molecule has 1 saturated carbocycles. The Morgan fingerprint density at radius 2 is 1.84 bits per heavy atom. The molecule has 1 amide bonds. The summed E-state index contributed by atoms with van der Waals surface area (Å²) >= 11 is 0. The van der Waals surface area contributed by atoms with Crippen molar-refractivity contribution in [2.45, 2.75) is 65.0 Å². The van der Waals surface area contributed by atoms with Crippen molar-refractivity contribution in [1.29, 1.82) is 0 Å². The van der Waals surface area contributed by atoms with Crippen LogP contribution in [0, 0.1) is 11.8 Å². The molecule has 4 heteroatoms. The van der Waals surface area contributed by atoms with Crippen LogP contribution in [0.25, 0.3) is 0 Å². The van der Waals surface area contributed by atoms with Crippen molar-refractivity contribution >= 4 is 11.9 Å². The standard InChI is InChI=1S/C15H25NO3/c1-10(11-7-8-11)13(17)16-9-5-6-12(16)14(18)19-15(2,3)4/h10-12H,5-9H2,1-4H3/t10?,12-/m0/s1. The lowest BCUT2D eigenvalue weighted by Crippen LogP contribution is -2.45. The fraction of sp³-hybridized carbons (Fsp3) is 0.867. The van der Waals surface area contributed by atoms with Gasteiger partial charge in [0.25, 0.3) is 0 Å². The van der Waals surface area contributed by atoms with E-state index in [0.29, 0.717) is 12.5 Å². The van der Waals surface area contributed by atoms with Gasteiger partial charge >= 0.3 is 5.97 Å². The van der Waals surface area contributed by atoms with Crippen LogP contribution in [0.15, 0.2) is 0 Å². The Morgan fingerprint density at radius 1 is 1.21 bits per heavy atom. The van der Waals surface area contributed by atoms with Gasteiger partial charge in [-0.1, -0.05) is 6.92 Å². The van der Waals surface area contributed by atoms with E-state index in [0.717, 1.165) is 25.7 Å². The highest BCUT2D eigenvalue weighted by atomic mass is 16.6. The first kappa shape index (κ1) is 14.4. The number of nitrogens with zero attached hydrogens (tertiary/aromatic N) is 1. The molecule has 2 rings (SSSR count). The molecule has 2 aliphatic rings. The smallest absolute Gasteiger partial charge is 0.329 e. The number of likely N-dealkylation sites (tertiary alicyclic amines) is 1. The molecule has 0 N–H and O–H groups in total. The van der Waals surface area contributed by atoms with Crippen LogP contribution >= 0.6 is 0 Å². The lowest BCUT2D eigenvalue weighted by atomic mass is 10.0. The van der Waals surface area contributed by atoms with Gasteiger partial charge in [-0.2, -0.15) is 0 Å². The minimum atomic E-state index is -0.490. The number of ether oxygens (including phenoxy) is 1. The van der Waals surface area contributed by atoms with Crippen LogP contribution in [-0.2, 0) is 14.3 Å². The summed E-state index contributed by atoms with van der Waals surface area (Å²) in [5.41, 5.74) is -0.490. The van der Waals surface area contributed by atoms with Crippen molar-refractivity contribution in [3.05, 3.63) is 0 Å². The summed E-state index contributed by atoms with van der Waals surface area (Å²) in [6.45, 7) is 8.26. The molecular weight excluding hydrogens is 242 g/mol. The summed E-state index contributed by atoms with van der Waals surface area (Å²) in [5, 5.41) is 0. The van der Waals surface area contributed by atoms with Crippen LogP contribution in [0.3, 0.4) is 0 Å². The van der Waals surface area contributed by atoms with Crippen LogP contribution in [0.4, 0.5) is 0 Å². The van der Waals surface area contributed by atoms with Gasteiger partial charge in [-0.3, -0.25) is 4.79 Å². The molecule has 0 spiro atoms. The van der Waals surface area contributed by atoms with E-state index in [1.807, 2.05) is 27.7 Å². The molecule has 1 aliphatic carbocycles. The number of hydrogen-bond acceptors (Lipinski definition) is 3. The monoisotopic (exact) mass is 267 g/mol.